The summed E-state index contributed by atoms with van der Waals surface area (Å²) in [6.45, 7) is 2.65. The van der Waals surface area contributed by atoms with E-state index in [1.165, 1.54) is 5.01 Å². The molecule has 2 aromatic rings. The molecule has 142 valence electrons. The molecule has 1 aliphatic heterocycles. The normalized spacial score (nSPS) is 14.2. The van der Waals surface area contributed by atoms with Gasteiger partial charge in [0, 0.05) is 32.0 Å². The first-order valence-corrected chi connectivity index (χ1v) is 9.09. The Morgan fingerprint density at radius 2 is 2.04 bits per heavy atom. The summed E-state index contributed by atoms with van der Waals surface area (Å²) in [5.41, 5.74) is 1.36. The van der Waals surface area contributed by atoms with Crippen LogP contribution in [0.2, 0.25) is 0 Å². The van der Waals surface area contributed by atoms with Crippen LogP contribution in [0.1, 0.15) is 38.5 Å². The predicted molar refractivity (Wildman–Crippen MR) is 99.8 cm³/mol. The molecule has 0 saturated carbocycles. The molecule has 0 bridgehead atoms. The summed E-state index contributed by atoms with van der Waals surface area (Å²) >= 11 is 0. The average molecular weight is 369 g/mol. The highest BCUT2D eigenvalue weighted by molar-refractivity contribution is 6.01. The molecule has 0 fully saturated rings. The highest BCUT2D eigenvalue weighted by Gasteiger charge is 2.27. The fourth-order valence-corrected chi connectivity index (χ4v) is 2.69. The molecule has 1 aromatic heterocycles. The summed E-state index contributed by atoms with van der Waals surface area (Å²) in [5.74, 6) is 0.418. The van der Waals surface area contributed by atoms with Gasteiger partial charge in [0.1, 0.15) is 12.3 Å². The van der Waals surface area contributed by atoms with Crippen molar-refractivity contribution in [2.75, 3.05) is 20.1 Å². The van der Waals surface area contributed by atoms with E-state index in [0.29, 0.717) is 24.5 Å². The van der Waals surface area contributed by atoms with Gasteiger partial charge in [-0.1, -0.05) is 48.8 Å². The molecule has 0 N–H and O–H groups in total. The van der Waals surface area contributed by atoms with Gasteiger partial charge < -0.3 is 9.42 Å². The number of hydrogen-bond acceptors (Lipinski definition) is 6. The number of benzene rings is 1. The molecule has 0 spiro atoms. The third kappa shape index (κ3) is 4.58. The zero-order chi connectivity index (χ0) is 19.2. The maximum atomic E-state index is 12.3. The number of hydrogen-bond donors (Lipinski definition) is 0. The lowest BCUT2D eigenvalue weighted by Crippen LogP contribution is -2.41. The van der Waals surface area contributed by atoms with Gasteiger partial charge in [-0.05, 0) is 6.42 Å². The zero-order valence-corrected chi connectivity index (χ0v) is 15.6. The van der Waals surface area contributed by atoms with Crippen LogP contribution in [0.4, 0.5) is 0 Å². The standard InChI is InChI=1S/C19H23N5O3/c1-3-4-12-23(2)17(26)13-24-16(25)11-10-15(21-24)19-20-18(22-27-19)14-8-6-5-7-9-14/h5-9H,3-4,10-13H2,1-2H3. The average Bonchev–Trinajstić information content (AvgIpc) is 3.18. The Morgan fingerprint density at radius 3 is 2.78 bits per heavy atom. The lowest BCUT2D eigenvalue weighted by molar-refractivity contribution is -0.140. The summed E-state index contributed by atoms with van der Waals surface area (Å²) in [6.07, 6.45) is 2.60. The molecular weight excluding hydrogens is 346 g/mol. The Bertz CT molecular complexity index is 831. The molecule has 27 heavy (non-hydrogen) atoms. The Morgan fingerprint density at radius 1 is 1.26 bits per heavy atom. The molecule has 8 heteroatoms. The topological polar surface area (TPSA) is 91.9 Å². The number of likely N-dealkylation sites (N-methyl/N-ethyl adjacent to an activating group) is 1. The van der Waals surface area contributed by atoms with Gasteiger partial charge >= 0.3 is 0 Å². The van der Waals surface area contributed by atoms with Crippen molar-refractivity contribution in [1.29, 1.82) is 0 Å². The second-order valence-electron chi connectivity index (χ2n) is 6.46. The van der Waals surface area contributed by atoms with Gasteiger partial charge in [0.15, 0.2) is 0 Å². The minimum Gasteiger partial charge on any atom is -0.344 e. The van der Waals surface area contributed by atoms with E-state index in [-0.39, 0.29) is 30.7 Å². The molecule has 0 aliphatic carbocycles. The van der Waals surface area contributed by atoms with Crippen LogP contribution in [0, 0.1) is 0 Å². The molecular formula is C19H23N5O3. The quantitative estimate of drug-likeness (QED) is 0.747. The van der Waals surface area contributed by atoms with Gasteiger partial charge in [-0.3, -0.25) is 9.59 Å². The number of amides is 2. The van der Waals surface area contributed by atoms with E-state index in [4.69, 9.17) is 4.52 Å². The van der Waals surface area contributed by atoms with Crippen molar-refractivity contribution >= 4 is 17.5 Å². The Hall–Kier alpha value is -3.03. The SMILES string of the molecule is CCCCN(C)C(=O)CN1N=C(c2nc(-c3ccccc3)no2)CCC1=O. The number of aromatic nitrogens is 2. The summed E-state index contributed by atoms with van der Waals surface area (Å²) in [7, 11) is 1.74. The van der Waals surface area contributed by atoms with Gasteiger partial charge in [-0.2, -0.15) is 10.1 Å². The van der Waals surface area contributed by atoms with Crippen molar-refractivity contribution in [2.24, 2.45) is 5.10 Å². The monoisotopic (exact) mass is 369 g/mol. The zero-order valence-electron chi connectivity index (χ0n) is 15.6. The van der Waals surface area contributed by atoms with Crippen molar-refractivity contribution < 1.29 is 14.1 Å². The number of unbranched alkanes of at least 4 members (excludes halogenated alkanes) is 1. The van der Waals surface area contributed by atoms with Crippen molar-refractivity contribution in [1.82, 2.24) is 20.0 Å². The number of nitrogens with zero attached hydrogens (tertiary/aromatic N) is 5. The van der Waals surface area contributed by atoms with E-state index in [0.717, 1.165) is 18.4 Å². The Labute approximate surface area is 157 Å². The lowest BCUT2D eigenvalue weighted by atomic mass is 10.1. The van der Waals surface area contributed by atoms with E-state index in [9.17, 15) is 9.59 Å². The number of rotatable bonds is 7. The molecule has 1 aliphatic rings. The first kappa shape index (κ1) is 18.8. The van der Waals surface area contributed by atoms with Crippen molar-refractivity contribution in [3.63, 3.8) is 0 Å². The van der Waals surface area contributed by atoms with Crippen LogP contribution in [-0.2, 0) is 9.59 Å². The van der Waals surface area contributed by atoms with Crippen LogP contribution in [0.3, 0.4) is 0 Å². The van der Waals surface area contributed by atoms with Gasteiger partial charge in [0.25, 0.3) is 5.89 Å². The fourth-order valence-electron chi connectivity index (χ4n) is 2.69. The molecule has 0 atom stereocenters. The van der Waals surface area contributed by atoms with E-state index >= 15 is 0 Å². The third-order valence-corrected chi connectivity index (χ3v) is 4.37. The van der Waals surface area contributed by atoms with Crippen molar-refractivity contribution in [3.05, 3.63) is 36.2 Å². The second-order valence-corrected chi connectivity index (χ2v) is 6.46. The van der Waals surface area contributed by atoms with Crippen LogP contribution in [-0.4, -0.2) is 57.7 Å². The van der Waals surface area contributed by atoms with Crippen molar-refractivity contribution in [2.45, 2.75) is 32.6 Å². The van der Waals surface area contributed by atoms with Gasteiger partial charge in [0.2, 0.25) is 17.6 Å². The first-order valence-electron chi connectivity index (χ1n) is 9.09. The molecule has 8 nitrogen and oxygen atoms in total. The van der Waals surface area contributed by atoms with E-state index < -0.39 is 0 Å². The largest absolute Gasteiger partial charge is 0.344 e. The fraction of sp³-hybridized carbons (Fsp3) is 0.421. The number of hydrazone groups is 1. The summed E-state index contributed by atoms with van der Waals surface area (Å²) in [6, 6.07) is 9.47. The lowest BCUT2D eigenvalue weighted by Gasteiger charge is -2.24. The summed E-state index contributed by atoms with van der Waals surface area (Å²) in [5, 5.41) is 9.49. The Balaban J connectivity index is 1.73. The summed E-state index contributed by atoms with van der Waals surface area (Å²) in [4.78, 5) is 30.5. The van der Waals surface area contributed by atoms with Gasteiger partial charge in [-0.15, -0.1) is 0 Å². The smallest absolute Gasteiger partial charge is 0.274 e. The van der Waals surface area contributed by atoms with Crippen molar-refractivity contribution in [3.8, 4) is 11.4 Å². The predicted octanol–water partition coefficient (Wildman–Crippen LogP) is 2.32. The van der Waals surface area contributed by atoms with Crippen LogP contribution >= 0.6 is 0 Å². The second kappa shape index (κ2) is 8.57. The highest BCUT2D eigenvalue weighted by atomic mass is 16.5. The van der Waals surface area contributed by atoms with E-state index in [1.807, 2.05) is 30.3 Å². The van der Waals surface area contributed by atoms with E-state index in [2.05, 4.69) is 22.2 Å². The molecule has 3 rings (SSSR count). The molecule has 2 heterocycles. The van der Waals surface area contributed by atoms with Gasteiger partial charge in [-0.25, -0.2) is 5.01 Å². The molecule has 0 unspecified atom stereocenters. The van der Waals surface area contributed by atoms with Crippen LogP contribution in [0.25, 0.3) is 11.4 Å². The van der Waals surface area contributed by atoms with Gasteiger partial charge in [0.05, 0.1) is 0 Å². The molecule has 2 amide bonds. The third-order valence-electron chi connectivity index (χ3n) is 4.37. The molecule has 0 radical (unpaired) electrons. The number of carbonyl (C=O) groups excluding carboxylic acids is 2. The molecule has 1 aromatic carbocycles. The first-order chi connectivity index (χ1) is 13.1. The minimum atomic E-state index is -0.182. The van der Waals surface area contributed by atoms with Crippen LogP contribution in [0.15, 0.2) is 40.0 Å². The maximum absolute atomic E-state index is 12.3. The van der Waals surface area contributed by atoms with Crippen LogP contribution < -0.4 is 0 Å². The number of carbonyl (C=O) groups is 2. The van der Waals surface area contributed by atoms with E-state index in [1.54, 1.807) is 11.9 Å². The summed E-state index contributed by atoms with van der Waals surface area (Å²) < 4.78 is 5.32. The maximum Gasteiger partial charge on any atom is 0.274 e. The minimum absolute atomic E-state index is 0.0811. The van der Waals surface area contributed by atoms with Crippen LogP contribution in [0.5, 0.6) is 0 Å². The Kier molecular flexibility index (Phi) is 5.95. The molecule has 0 saturated heterocycles. The highest BCUT2D eigenvalue weighted by Crippen LogP contribution is 2.19.